The van der Waals surface area contributed by atoms with Crippen molar-refractivity contribution in [1.82, 2.24) is 0 Å². The molecule has 0 N–H and O–H groups in total. The van der Waals surface area contributed by atoms with Gasteiger partial charge in [-0.15, -0.1) is 0 Å². The number of fused-ring (bicyclic) bond motifs is 2. The SMILES string of the molecule is CC1(C)C2CCC1(CS(=O)(=O)[O-])C(=O)C2.CCCCC(=O)C[S+]1CCCCC1. The molecule has 162 valence electrons. The maximum absolute atomic E-state index is 11.8. The zero-order valence-electron chi connectivity index (χ0n) is 17.6. The van der Waals surface area contributed by atoms with Crippen LogP contribution in [0.1, 0.15) is 78.6 Å². The lowest BCUT2D eigenvalue weighted by Crippen LogP contribution is -2.42. The Morgan fingerprint density at radius 1 is 1.21 bits per heavy atom. The third-order valence-electron chi connectivity index (χ3n) is 7.10. The van der Waals surface area contributed by atoms with Gasteiger partial charge in [-0.2, -0.15) is 0 Å². The molecule has 5 nitrogen and oxygen atoms in total. The maximum atomic E-state index is 11.8. The summed E-state index contributed by atoms with van der Waals surface area (Å²) in [7, 11) is -3.85. The van der Waals surface area contributed by atoms with Crippen LogP contribution in [0.5, 0.6) is 0 Å². The molecule has 3 aliphatic rings. The first-order valence-corrected chi connectivity index (χ1v) is 14.0. The molecule has 0 aromatic heterocycles. The van der Waals surface area contributed by atoms with Crippen LogP contribution in [0.25, 0.3) is 0 Å². The highest BCUT2D eigenvalue weighted by Crippen LogP contribution is 2.64. The number of ketones is 2. The molecule has 1 heterocycles. The second kappa shape index (κ2) is 9.61. The van der Waals surface area contributed by atoms with Gasteiger partial charge >= 0.3 is 0 Å². The van der Waals surface area contributed by atoms with Crippen molar-refractivity contribution >= 4 is 32.6 Å². The first kappa shape index (κ1) is 23.9. The molecule has 2 aliphatic carbocycles. The Kier molecular flexibility index (Phi) is 8.19. The van der Waals surface area contributed by atoms with Crippen LogP contribution in [-0.2, 0) is 30.6 Å². The van der Waals surface area contributed by atoms with Gasteiger partial charge in [-0.3, -0.25) is 9.59 Å². The highest BCUT2D eigenvalue weighted by molar-refractivity contribution is 7.97. The quantitative estimate of drug-likeness (QED) is 0.454. The lowest BCUT2D eigenvalue weighted by molar-refractivity contribution is -0.128. The van der Waals surface area contributed by atoms with E-state index < -0.39 is 21.3 Å². The molecule has 7 heteroatoms. The van der Waals surface area contributed by atoms with Crippen molar-refractivity contribution in [3.63, 3.8) is 0 Å². The van der Waals surface area contributed by atoms with E-state index in [1.807, 2.05) is 13.8 Å². The van der Waals surface area contributed by atoms with Crippen molar-refractivity contribution in [2.75, 3.05) is 23.0 Å². The van der Waals surface area contributed by atoms with Gasteiger partial charge in [0.15, 0.2) is 11.5 Å². The first-order valence-electron chi connectivity index (χ1n) is 10.6. The third-order valence-corrected chi connectivity index (χ3v) is 10.4. The van der Waals surface area contributed by atoms with Crippen molar-refractivity contribution in [1.29, 1.82) is 0 Å². The summed E-state index contributed by atoms with van der Waals surface area (Å²) in [6, 6.07) is 0. The molecule has 2 bridgehead atoms. The summed E-state index contributed by atoms with van der Waals surface area (Å²) in [6.07, 6.45) is 9.08. The summed E-state index contributed by atoms with van der Waals surface area (Å²) >= 11 is 0. The lowest BCUT2D eigenvalue weighted by atomic mass is 9.70. The molecule has 3 fully saturated rings. The Bertz CT molecular complexity index is 664. The summed E-state index contributed by atoms with van der Waals surface area (Å²) in [5.41, 5.74) is -1.22. The average molecular weight is 433 g/mol. The molecule has 1 aliphatic heterocycles. The average Bonchev–Trinajstić information content (AvgIpc) is 2.94. The number of carbonyl (C=O) groups excluding carboxylic acids is 2. The Hall–Kier alpha value is -0.400. The largest absolute Gasteiger partial charge is 0.748 e. The zero-order valence-corrected chi connectivity index (χ0v) is 19.3. The van der Waals surface area contributed by atoms with E-state index in [0.29, 0.717) is 29.5 Å². The van der Waals surface area contributed by atoms with Crippen LogP contribution in [0.2, 0.25) is 0 Å². The minimum absolute atomic E-state index is 0.0248. The van der Waals surface area contributed by atoms with E-state index in [-0.39, 0.29) is 17.1 Å². The van der Waals surface area contributed by atoms with Gasteiger partial charge in [-0.25, -0.2) is 8.42 Å². The molecule has 2 unspecified atom stereocenters. The van der Waals surface area contributed by atoms with Crippen LogP contribution in [0.3, 0.4) is 0 Å². The van der Waals surface area contributed by atoms with Crippen molar-refractivity contribution < 1.29 is 22.6 Å². The first-order chi connectivity index (χ1) is 13.0. The van der Waals surface area contributed by atoms with E-state index in [9.17, 15) is 22.6 Å². The van der Waals surface area contributed by atoms with E-state index in [2.05, 4.69) is 6.92 Å². The minimum Gasteiger partial charge on any atom is -0.748 e. The number of unbranched alkanes of at least 4 members (excludes halogenated alkanes) is 1. The van der Waals surface area contributed by atoms with Crippen molar-refractivity contribution in [3.8, 4) is 0 Å². The minimum atomic E-state index is -4.33. The molecule has 0 aromatic carbocycles. The predicted molar refractivity (Wildman–Crippen MR) is 113 cm³/mol. The number of rotatable bonds is 7. The topological polar surface area (TPSA) is 91.3 Å². The third kappa shape index (κ3) is 5.60. The molecule has 0 amide bonds. The van der Waals surface area contributed by atoms with Crippen LogP contribution in [-0.4, -0.2) is 47.5 Å². The Balaban J connectivity index is 0.000000203. The van der Waals surface area contributed by atoms with Crippen LogP contribution < -0.4 is 0 Å². The van der Waals surface area contributed by atoms with Crippen LogP contribution >= 0.6 is 0 Å². The summed E-state index contributed by atoms with van der Waals surface area (Å²) < 4.78 is 32.7. The van der Waals surface area contributed by atoms with Gasteiger partial charge in [0.05, 0.1) is 15.9 Å². The van der Waals surface area contributed by atoms with Gasteiger partial charge in [0.25, 0.3) is 0 Å². The van der Waals surface area contributed by atoms with Gasteiger partial charge in [-0.1, -0.05) is 27.2 Å². The number of carbonyl (C=O) groups is 2. The molecule has 2 saturated carbocycles. The number of Topliss-reactive ketones (excluding diaryl/α,β-unsaturated/α-hetero) is 2. The fourth-order valence-corrected chi connectivity index (χ4v) is 8.72. The number of hydrogen-bond donors (Lipinski definition) is 0. The van der Waals surface area contributed by atoms with Gasteiger partial charge in [-0.05, 0) is 60.8 Å². The molecular weight excluding hydrogens is 396 g/mol. The van der Waals surface area contributed by atoms with E-state index in [4.69, 9.17) is 0 Å². The van der Waals surface area contributed by atoms with E-state index in [1.165, 1.54) is 30.8 Å². The molecule has 0 radical (unpaired) electrons. The number of hydrogen-bond acceptors (Lipinski definition) is 5. The molecule has 2 atom stereocenters. The monoisotopic (exact) mass is 432 g/mol. The predicted octanol–water partition coefficient (Wildman–Crippen LogP) is 3.47. The van der Waals surface area contributed by atoms with Crippen molar-refractivity contribution in [3.05, 3.63) is 0 Å². The summed E-state index contributed by atoms with van der Waals surface area (Å²) in [5.74, 6) is 3.81. The highest BCUT2D eigenvalue weighted by Gasteiger charge is 2.64. The highest BCUT2D eigenvalue weighted by atomic mass is 32.2. The van der Waals surface area contributed by atoms with Crippen LogP contribution in [0, 0.1) is 16.7 Å². The van der Waals surface area contributed by atoms with Gasteiger partial charge in [0, 0.05) is 18.3 Å². The molecule has 0 spiro atoms. The van der Waals surface area contributed by atoms with E-state index in [1.54, 1.807) is 0 Å². The second-order valence-electron chi connectivity index (χ2n) is 9.24. The fourth-order valence-electron chi connectivity index (χ4n) is 5.12. The summed E-state index contributed by atoms with van der Waals surface area (Å²) in [4.78, 5) is 23.3. The summed E-state index contributed by atoms with van der Waals surface area (Å²) in [5, 5.41) is 0. The normalized spacial score (nSPS) is 29.4. The maximum Gasteiger partial charge on any atom is 0.181 e. The molecule has 3 rings (SSSR count). The Morgan fingerprint density at radius 2 is 1.86 bits per heavy atom. The molecule has 28 heavy (non-hydrogen) atoms. The second-order valence-corrected chi connectivity index (χ2v) is 13.0. The van der Waals surface area contributed by atoms with E-state index >= 15 is 0 Å². The van der Waals surface area contributed by atoms with Crippen molar-refractivity contribution in [2.24, 2.45) is 16.7 Å². The molecule has 0 aromatic rings. The zero-order chi connectivity index (χ0) is 21.0. The Labute approximate surface area is 173 Å². The molecule has 1 saturated heterocycles. The summed E-state index contributed by atoms with van der Waals surface area (Å²) in [6.45, 7) is 5.98. The van der Waals surface area contributed by atoms with Gasteiger partial charge in [0.2, 0.25) is 0 Å². The standard InChI is InChI=1S/C11H21OS.C10H16O4S/c1-2-3-7-11(12)10-13-8-5-4-6-9-13;1-9(2)7-3-4-10(9,8(11)5-7)6-15(12,13)14/h2-10H2,1H3;7H,3-6H2,1-2H3,(H,12,13,14)/q+1;/p-1. The van der Waals surface area contributed by atoms with Gasteiger partial charge in [0.1, 0.15) is 17.3 Å². The van der Waals surface area contributed by atoms with Crippen LogP contribution in [0.15, 0.2) is 0 Å². The van der Waals surface area contributed by atoms with Gasteiger partial charge < -0.3 is 4.55 Å². The lowest BCUT2D eigenvalue weighted by Gasteiger charge is -2.37. The van der Waals surface area contributed by atoms with E-state index in [0.717, 1.165) is 31.4 Å². The van der Waals surface area contributed by atoms with Crippen LogP contribution in [0.4, 0.5) is 0 Å². The Morgan fingerprint density at radius 3 is 2.32 bits per heavy atom. The molecular formula is C21H36O5S2. The van der Waals surface area contributed by atoms with Crippen molar-refractivity contribution in [2.45, 2.75) is 78.6 Å². The smallest absolute Gasteiger partial charge is 0.181 e. The fraction of sp³-hybridized carbons (Fsp3) is 0.905.